The third kappa shape index (κ3) is 4.86. The van der Waals surface area contributed by atoms with Crippen molar-refractivity contribution in [2.24, 2.45) is 4.99 Å². The second kappa shape index (κ2) is 8.76. The highest BCUT2D eigenvalue weighted by Crippen LogP contribution is 2.27. The molecule has 1 aliphatic rings. The lowest BCUT2D eigenvalue weighted by atomic mass is 10.2. The highest BCUT2D eigenvalue weighted by atomic mass is 127. The van der Waals surface area contributed by atoms with Crippen LogP contribution in [0.2, 0.25) is 0 Å². The molecule has 0 fully saturated rings. The van der Waals surface area contributed by atoms with Gasteiger partial charge in [-0.2, -0.15) is 0 Å². The van der Waals surface area contributed by atoms with Crippen LogP contribution < -0.4 is 15.4 Å². The summed E-state index contributed by atoms with van der Waals surface area (Å²) in [5, 5.41) is 6.60. The summed E-state index contributed by atoms with van der Waals surface area (Å²) in [5.41, 5.74) is 2.24. The number of hydrogen-bond donors (Lipinski definition) is 2. The molecule has 3 rings (SSSR count). The molecule has 5 heteroatoms. The Bertz CT molecular complexity index is 673. The van der Waals surface area contributed by atoms with Crippen molar-refractivity contribution in [1.29, 1.82) is 0 Å². The van der Waals surface area contributed by atoms with Gasteiger partial charge in [-0.05, 0) is 31.0 Å². The molecule has 0 aliphatic carbocycles. The molecule has 0 radical (unpaired) electrons. The van der Waals surface area contributed by atoms with Crippen molar-refractivity contribution in [2.75, 3.05) is 13.1 Å². The predicted molar refractivity (Wildman–Crippen MR) is 105 cm³/mol. The van der Waals surface area contributed by atoms with Gasteiger partial charge in [-0.1, -0.05) is 36.4 Å². The summed E-state index contributed by atoms with van der Waals surface area (Å²) in [6.07, 6.45) is 1.10. The summed E-state index contributed by atoms with van der Waals surface area (Å²) in [4.78, 5) is 4.43. The summed E-state index contributed by atoms with van der Waals surface area (Å²) in [7, 11) is 0. The number of nitrogens with one attached hydrogen (secondary N) is 2. The molecule has 0 aromatic heterocycles. The molecule has 0 atom stereocenters. The number of nitrogens with zero attached hydrogens (tertiary/aromatic N) is 1. The van der Waals surface area contributed by atoms with E-state index in [1.807, 2.05) is 36.4 Å². The van der Waals surface area contributed by atoms with Crippen molar-refractivity contribution < 1.29 is 4.74 Å². The normalized spacial score (nSPS) is 13.3. The minimum absolute atomic E-state index is 0. The number of hydrogen-bond acceptors (Lipinski definition) is 4. The zero-order valence-electron chi connectivity index (χ0n) is 13.2. The summed E-state index contributed by atoms with van der Waals surface area (Å²) >= 11 is 0. The Balaban J connectivity index is 0.00000192. The van der Waals surface area contributed by atoms with Crippen LogP contribution in [0.15, 0.2) is 53.5 Å². The van der Waals surface area contributed by atoms with E-state index in [0.717, 1.165) is 48.1 Å². The van der Waals surface area contributed by atoms with Gasteiger partial charge in [0.15, 0.2) is 5.96 Å². The van der Waals surface area contributed by atoms with Gasteiger partial charge < -0.3 is 15.4 Å². The van der Waals surface area contributed by atoms with E-state index in [4.69, 9.17) is 4.74 Å². The number of rotatable bonds is 4. The first kappa shape index (κ1) is 17.6. The average Bonchev–Trinajstić information content (AvgIpc) is 2.57. The van der Waals surface area contributed by atoms with Crippen LogP contribution in [-0.2, 0) is 6.54 Å². The lowest BCUT2D eigenvalue weighted by molar-refractivity contribution is 0.471. The third-order valence-electron chi connectivity index (χ3n) is 3.63. The van der Waals surface area contributed by atoms with Crippen LogP contribution in [0.25, 0.3) is 0 Å². The maximum absolute atomic E-state index is 6.08. The largest absolute Gasteiger partial charge is 0.457 e. The predicted octanol–water partition coefficient (Wildman–Crippen LogP) is 3.84. The van der Waals surface area contributed by atoms with E-state index < -0.39 is 0 Å². The van der Waals surface area contributed by atoms with Crippen LogP contribution >= 0.6 is 24.0 Å². The lowest BCUT2D eigenvalue weighted by Crippen LogP contribution is -2.40. The fraction of sp³-hybridized carbons (Fsp3) is 0.278. The first-order valence-corrected chi connectivity index (χ1v) is 7.66. The van der Waals surface area contributed by atoms with Crippen LogP contribution in [0, 0.1) is 6.92 Å². The third-order valence-corrected chi connectivity index (χ3v) is 3.63. The molecule has 1 heterocycles. The number of benzene rings is 2. The highest BCUT2D eigenvalue weighted by Gasteiger charge is 2.08. The fourth-order valence-electron chi connectivity index (χ4n) is 2.37. The quantitative estimate of drug-likeness (QED) is 0.735. The van der Waals surface area contributed by atoms with Gasteiger partial charge in [0.05, 0.1) is 0 Å². The molecule has 0 saturated heterocycles. The molecule has 23 heavy (non-hydrogen) atoms. The van der Waals surface area contributed by atoms with Gasteiger partial charge in [-0.25, -0.2) is 0 Å². The molecule has 0 saturated carbocycles. The second-order valence-electron chi connectivity index (χ2n) is 5.34. The highest BCUT2D eigenvalue weighted by molar-refractivity contribution is 14.0. The van der Waals surface area contributed by atoms with E-state index in [1.165, 1.54) is 0 Å². The van der Waals surface area contributed by atoms with Gasteiger partial charge in [-0.15, -0.1) is 24.0 Å². The van der Waals surface area contributed by atoms with Crippen LogP contribution in [0.3, 0.4) is 0 Å². The van der Waals surface area contributed by atoms with Crippen molar-refractivity contribution in [2.45, 2.75) is 19.9 Å². The maximum atomic E-state index is 6.08. The number of aryl methyl sites for hydroxylation is 1. The first-order valence-electron chi connectivity index (χ1n) is 7.66. The van der Waals surface area contributed by atoms with Gasteiger partial charge in [0, 0.05) is 25.2 Å². The molecule has 1 aliphatic heterocycles. The molecule has 0 unspecified atom stereocenters. The summed E-state index contributed by atoms with van der Waals surface area (Å²) in [5.74, 6) is 2.64. The standard InChI is InChI=1S/C18H21N3O.HI/c1-14-7-2-4-9-16(14)22-17-10-5-3-8-15(17)13-21-18-19-11-6-12-20-18;/h2-5,7-10H,6,11-13H2,1H3,(H2,19,20,21);1H. The molecule has 2 N–H and O–H groups in total. The molecule has 0 spiro atoms. The fourth-order valence-corrected chi connectivity index (χ4v) is 2.37. The number of aliphatic imine (C=N–C) groups is 1. The van der Waals surface area contributed by atoms with Gasteiger partial charge in [0.1, 0.15) is 11.5 Å². The average molecular weight is 423 g/mol. The summed E-state index contributed by atoms with van der Waals surface area (Å²) in [6, 6.07) is 16.1. The molecule has 2 aromatic carbocycles. The van der Waals surface area contributed by atoms with E-state index in [2.05, 4.69) is 34.7 Å². The molecular formula is C18H22IN3O. The van der Waals surface area contributed by atoms with Crippen molar-refractivity contribution >= 4 is 29.9 Å². The van der Waals surface area contributed by atoms with E-state index in [1.54, 1.807) is 0 Å². The molecular weight excluding hydrogens is 401 g/mol. The van der Waals surface area contributed by atoms with Gasteiger partial charge in [0.2, 0.25) is 0 Å². The first-order chi connectivity index (χ1) is 10.8. The molecule has 0 amide bonds. The Kier molecular flexibility index (Phi) is 6.70. The minimum atomic E-state index is 0. The van der Waals surface area contributed by atoms with Crippen LogP contribution in [-0.4, -0.2) is 19.0 Å². The Morgan fingerprint density at radius 3 is 2.57 bits per heavy atom. The summed E-state index contributed by atoms with van der Waals surface area (Å²) in [6.45, 7) is 4.61. The van der Waals surface area contributed by atoms with Crippen molar-refractivity contribution in [3.63, 3.8) is 0 Å². The number of guanidine groups is 1. The van der Waals surface area contributed by atoms with E-state index >= 15 is 0 Å². The van der Waals surface area contributed by atoms with Gasteiger partial charge in [0.25, 0.3) is 0 Å². The minimum Gasteiger partial charge on any atom is -0.457 e. The Labute approximate surface area is 154 Å². The van der Waals surface area contributed by atoms with Crippen molar-refractivity contribution in [1.82, 2.24) is 10.6 Å². The zero-order valence-corrected chi connectivity index (χ0v) is 15.5. The van der Waals surface area contributed by atoms with E-state index in [9.17, 15) is 0 Å². The van der Waals surface area contributed by atoms with Gasteiger partial charge in [-0.3, -0.25) is 4.99 Å². The molecule has 4 nitrogen and oxygen atoms in total. The lowest BCUT2D eigenvalue weighted by Gasteiger charge is -2.17. The monoisotopic (exact) mass is 423 g/mol. The maximum Gasteiger partial charge on any atom is 0.191 e. The molecule has 0 bridgehead atoms. The molecule has 122 valence electrons. The Morgan fingerprint density at radius 1 is 1.09 bits per heavy atom. The smallest absolute Gasteiger partial charge is 0.191 e. The SMILES string of the molecule is Cc1ccccc1Oc1ccccc1CNC1=NCCCN1.I. The van der Waals surface area contributed by atoms with E-state index in [-0.39, 0.29) is 24.0 Å². The number of para-hydroxylation sites is 2. The Morgan fingerprint density at radius 2 is 1.83 bits per heavy atom. The number of ether oxygens (including phenoxy) is 1. The second-order valence-corrected chi connectivity index (χ2v) is 5.34. The summed E-state index contributed by atoms with van der Waals surface area (Å²) < 4.78 is 6.08. The van der Waals surface area contributed by atoms with Crippen molar-refractivity contribution in [3.8, 4) is 11.5 Å². The van der Waals surface area contributed by atoms with E-state index in [0.29, 0.717) is 6.54 Å². The molecule has 2 aromatic rings. The van der Waals surface area contributed by atoms with Crippen LogP contribution in [0.1, 0.15) is 17.5 Å². The number of halogens is 1. The van der Waals surface area contributed by atoms with Crippen LogP contribution in [0.4, 0.5) is 0 Å². The van der Waals surface area contributed by atoms with Gasteiger partial charge >= 0.3 is 0 Å². The van der Waals surface area contributed by atoms with Crippen molar-refractivity contribution in [3.05, 3.63) is 59.7 Å². The zero-order chi connectivity index (χ0) is 15.2. The topological polar surface area (TPSA) is 45.6 Å². The Hall–Kier alpha value is -1.76. The van der Waals surface area contributed by atoms with Crippen LogP contribution in [0.5, 0.6) is 11.5 Å².